The smallest absolute Gasteiger partial charge is 0.321 e. The molecule has 2 heterocycles. The first kappa shape index (κ1) is 28.5. The summed E-state index contributed by atoms with van der Waals surface area (Å²) in [6.45, 7) is 2.34. The lowest BCUT2D eigenvalue weighted by atomic mass is 9.79. The summed E-state index contributed by atoms with van der Waals surface area (Å²) in [5.41, 5.74) is -2.33. The number of hydrogen-bond acceptors (Lipinski definition) is 8. The molecule has 40 heavy (non-hydrogen) atoms. The van der Waals surface area contributed by atoms with Crippen molar-refractivity contribution < 1.29 is 33.8 Å². The first-order valence-electron chi connectivity index (χ1n) is 13.2. The molecule has 0 spiro atoms. The van der Waals surface area contributed by atoms with E-state index in [4.69, 9.17) is 9.15 Å². The van der Waals surface area contributed by atoms with E-state index in [1.807, 2.05) is 0 Å². The van der Waals surface area contributed by atoms with E-state index in [1.165, 1.54) is 12.5 Å². The van der Waals surface area contributed by atoms with Crippen molar-refractivity contribution in [3.63, 3.8) is 0 Å². The van der Waals surface area contributed by atoms with Gasteiger partial charge >= 0.3 is 11.9 Å². The summed E-state index contributed by atoms with van der Waals surface area (Å²) < 4.78 is 12.3. The topological polar surface area (TPSA) is 162 Å². The lowest BCUT2D eigenvalue weighted by Gasteiger charge is -2.23. The van der Waals surface area contributed by atoms with Crippen molar-refractivity contribution in [3.8, 4) is 5.75 Å². The molecule has 0 saturated heterocycles. The number of unbranched alkanes of at least 4 members (excludes halogenated alkanes) is 4. The standard InChI is InChI=1S/C29H31N3O8/c1-2-3-4-5-8-15-39-20-11-12-24-19(16-20)17-25(40-24)23(33)18-29(27(35)36,28(37)38)13-14-32-26(34)21-9-6-7-10-22(21)30-31-32/h6-7,9-12,16-17H,2-5,8,13-15,18H2,1H3,(H,35,36)(H,37,38). The highest BCUT2D eigenvalue weighted by molar-refractivity contribution is 6.06. The number of carboxylic acids is 2. The summed E-state index contributed by atoms with van der Waals surface area (Å²) in [6, 6.07) is 13.0. The molecule has 4 rings (SSSR count). The highest BCUT2D eigenvalue weighted by atomic mass is 16.5. The summed E-state index contributed by atoms with van der Waals surface area (Å²) in [7, 11) is 0. The maximum absolute atomic E-state index is 13.1. The Balaban J connectivity index is 1.49. The van der Waals surface area contributed by atoms with E-state index in [1.54, 1.807) is 42.5 Å². The minimum Gasteiger partial charge on any atom is -0.494 e. The number of fused-ring (bicyclic) bond motifs is 2. The maximum atomic E-state index is 13.1. The van der Waals surface area contributed by atoms with Gasteiger partial charge in [-0.1, -0.05) is 50.0 Å². The van der Waals surface area contributed by atoms with Crippen LogP contribution < -0.4 is 10.3 Å². The third kappa shape index (κ3) is 6.19. The normalized spacial score (nSPS) is 11.6. The molecular formula is C29H31N3O8. The van der Waals surface area contributed by atoms with Crippen LogP contribution in [0.3, 0.4) is 0 Å². The van der Waals surface area contributed by atoms with Crippen LogP contribution in [0.4, 0.5) is 0 Å². The number of carboxylic acid groups (broad SMARTS) is 2. The van der Waals surface area contributed by atoms with Crippen molar-refractivity contribution in [3.05, 3.63) is 64.6 Å². The predicted octanol–water partition coefficient (Wildman–Crippen LogP) is 4.71. The third-order valence-corrected chi connectivity index (χ3v) is 6.94. The van der Waals surface area contributed by atoms with Gasteiger partial charge in [-0.2, -0.15) is 0 Å². The highest BCUT2D eigenvalue weighted by Crippen LogP contribution is 2.32. The van der Waals surface area contributed by atoms with E-state index < -0.39 is 41.5 Å². The van der Waals surface area contributed by atoms with Crippen molar-refractivity contribution in [1.82, 2.24) is 15.0 Å². The number of furan rings is 1. The van der Waals surface area contributed by atoms with Gasteiger partial charge in [0.1, 0.15) is 16.8 Å². The molecule has 2 aromatic heterocycles. The van der Waals surface area contributed by atoms with E-state index >= 15 is 0 Å². The number of aliphatic carboxylic acids is 2. The Labute approximate surface area is 229 Å². The minimum atomic E-state index is -2.52. The largest absolute Gasteiger partial charge is 0.494 e. The number of rotatable bonds is 15. The lowest BCUT2D eigenvalue weighted by molar-refractivity contribution is -0.165. The number of ketones is 1. The van der Waals surface area contributed by atoms with Crippen LogP contribution in [0.15, 0.2) is 57.7 Å². The summed E-state index contributed by atoms with van der Waals surface area (Å²) in [5.74, 6) is -3.77. The molecule has 0 atom stereocenters. The number of nitrogens with zero attached hydrogens (tertiary/aromatic N) is 3. The average Bonchev–Trinajstić information content (AvgIpc) is 3.37. The Hall–Kier alpha value is -4.54. The molecule has 210 valence electrons. The zero-order valence-corrected chi connectivity index (χ0v) is 22.2. The van der Waals surface area contributed by atoms with Crippen LogP contribution in [0.25, 0.3) is 21.9 Å². The molecule has 2 N–H and O–H groups in total. The van der Waals surface area contributed by atoms with Gasteiger partial charge in [-0.15, -0.1) is 5.10 Å². The van der Waals surface area contributed by atoms with Gasteiger partial charge in [0.25, 0.3) is 5.56 Å². The first-order valence-corrected chi connectivity index (χ1v) is 13.2. The molecule has 0 unspecified atom stereocenters. The van der Waals surface area contributed by atoms with Crippen molar-refractivity contribution in [1.29, 1.82) is 0 Å². The van der Waals surface area contributed by atoms with Crippen molar-refractivity contribution in [2.75, 3.05) is 6.61 Å². The molecule has 11 heteroatoms. The zero-order valence-electron chi connectivity index (χ0n) is 22.2. The molecule has 2 aromatic carbocycles. The number of Topliss-reactive ketones (excluding diaryl/α,β-unsaturated/α-hetero) is 1. The zero-order chi connectivity index (χ0) is 28.7. The second-order valence-electron chi connectivity index (χ2n) is 9.75. The van der Waals surface area contributed by atoms with E-state index in [2.05, 4.69) is 17.2 Å². The number of hydrogen-bond donors (Lipinski definition) is 2. The number of ether oxygens (including phenoxy) is 1. The van der Waals surface area contributed by atoms with Crippen LogP contribution in [0.5, 0.6) is 5.75 Å². The summed E-state index contributed by atoms with van der Waals surface area (Å²) in [5, 5.41) is 28.4. The fraction of sp³-hybridized carbons (Fsp3) is 0.379. The van der Waals surface area contributed by atoms with Gasteiger partial charge in [0.15, 0.2) is 17.0 Å². The molecular weight excluding hydrogens is 518 g/mol. The molecule has 0 amide bonds. The van der Waals surface area contributed by atoms with E-state index in [0.29, 0.717) is 28.8 Å². The number of aromatic nitrogens is 3. The van der Waals surface area contributed by atoms with Crippen molar-refractivity contribution in [2.45, 2.75) is 58.4 Å². The van der Waals surface area contributed by atoms with Crippen LogP contribution in [-0.4, -0.2) is 49.5 Å². The van der Waals surface area contributed by atoms with Crippen LogP contribution in [0, 0.1) is 5.41 Å². The van der Waals surface area contributed by atoms with Crippen molar-refractivity contribution in [2.24, 2.45) is 5.41 Å². The van der Waals surface area contributed by atoms with Gasteiger partial charge in [-0.3, -0.25) is 19.2 Å². The maximum Gasteiger partial charge on any atom is 0.321 e. The van der Waals surface area contributed by atoms with Gasteiger partial charge < -0.3 is 19.4 Å². The number of carbonyl (C=O) groups is 3. The van der Waals surface area contributed by atoms with Crippen LogP contribution in [0.1, 0.15) is 62.4 Å². The molecule has 4 aromatic rings. The molecule has 0 aliphatic rings. The van der Waals surface area contributed by atoms with Gasteiger partial charge in [-0.05, 0) is 49.2 Å². The molecule has 0 saturated carbocycles. The Morgan fingerprint density at radius 1 is 1.00 bits per heavy atom. The Morgan fingerprint density at radius 2 is 1.75 bits per heavy atom. The van der Waals surface area contributed by atoms with Gasteiger partial charge in [0, 0.05) is 18.4 Å². The van der Waals surface area contributed by atoms with Gasteiger partial charge in [-0.25, -0.2) is 4.68 Å². The van der Waals surface area contributed by atoms with E-state index in [9.17, 15) is 29.4 Å². The second-order valence-corrected chi connectivity index (χ2v) is 9.75. The Morgan fingerprint density at radius 3 is 2.50 bits per heavy atom. The lowest BCUT2D eigenvalue weighted by Crippen LogP contribution is -2.43. The van der Waals surface area contributed by atoms with Gasteiger partial charge in [0.05, 0.1) is 12.0 Å². The minimum absolute atomic E-state index is 0.166. The Kier molecular flexibility index (Phi) is 8.93. The van der Waals surface area contributed by atoms with Crippen LogP contribution in [0.2, 0.25) is 0 Å². The fourth-order valence-corrected chi connectivity index (χ4v) is 4.52. The van der Waals surface area contributed by atoms with Crippen LogP contribution >= 0.6 is 0 Å². The number of benzene rings is 2. The quantitative estimate of drug-likeness (QED) is 0.121. The monoisotopic (exact) mass is 549 g/mol. The molecule has 0 aliphatic heterocycles. The first-order chi connectivity index (χ1) is 19.2. The number of carbonyl (C=O) groups excluding carboxylic acids is 1. The summed E-state index contributed by atoms with van der Waals surface area (Å²) in [4.78, 5) is 50.4. The third-order valence-electron chi connectivity index (χ3n) is 6.94. The Bertz CT molecular complexity index is 1580. The highest BCUT2D eigenvalue weighted by Gasteiger charge is 2.48. The van der Waals surface area contributed by atoms with E-state index in [0.717, 1.165) is 30.4 Å². The average molecular weight is 550 g/mol. The predicted molar refractivity (Wildman–Crippen MR) is 146 cm³/mol. The fourth-order valence-electron chi connectivity index (χ4n) is 4.52. The SMILES string of the molecule is CCCCCCCOc1ccc2oc(C(=O)CC(CCn3nnc4ccccc4c3=O)(C(=O)O)C(=O)O)cc2c1. The number of aryl methyl sites for hydroxylation is 1. The second kappa shape index (κ2) is 12.5. The molecule has 0 fully saturated rings. The van der Waals surface area contributed by atoms with Crippen molar-refractivity contribution >= 4 is 39.6 Å². The summed E-state index contributed by atoms with van der Waals surface area (Å²) >= 11 is 0. The molecule has 0 aliphatic carbocycles. The van der Waals surface area contributed by atoms with E-state index in [-0.39, 0.29) is 17.7 Å². The molecule has 0 bridgehead atoms. The summed E-state index contributed by atoms with van der Waals surface area (Å²) in [6.07, 6.45) is 4.07. The van der Waals surface area contributed by atoms with Gasteiger partial charge in [0.2, 0.25) is 0 Å². The van der Waals surface area contributed by atoms with Crippen LogP contribution in [-0.2, 0) is 16.1 Å². The molecule has 0 radical (unpaired) electrons. The molecule has 11 nitrogen and oxygen atoms in total.